The molecule has 1 rings (SSSR count). The van der Waals surface area contributed by atoms with Crippen LogP contribution >= 0.6 is 0 Å². The minimum Gasteiger partial charge on any atom is -0.493 e. The number of ketones is 1. The van der Waals surface area contributed by atoms with Crippen molar-refractivity contribution in [1.82, 2.24) is 0 Å². The molecule has 1 aromatic carbocycles. The largest absolute Gasteiger partial charge is 0.493 e. The van der Waals surface area contributed by atoms with Gasteiger partial charge in [-0.3, -0.25) is 4.79 Å². The molecule has 0 fully saturated rings. The third-order valence-corrected chi connectivity index (χ3v) is 2.62. The Kier molecular flexibility index (Phi) is 5.36. The number of rotatable bonds is 6. The molecule has 1 N–H and O–H groups in total. The molecule has 0 aliphatic carbocycles. The molecule has 104 valence electrons. The van der Waals surface area contributed by atoms with E-state index in [4.69, 9.17) is 9.47 Å². The molecule has 0 atom stereocenters. The lowest BCUT2D eigenvalue weighted by Gasteiger charge is -2.15. The Morgan fingerprint density at radius 3 is 2.32 bits per heavy atom. The first kappa shape index (κ1) is 15.0. The van der Waals surface area contributed by atoms with Crippen LogP contribution in [0.15, 0.2) is 12.1 Å². The van der Waals surface area contributed by atoms with Gasteiger partial charge in [0.15, 0.2) is 11.5 Å². The minimum absolute atomic E-state index is 0.121. The highest BCUT2D eigenvalue weighted by Crippen LogP contribution is 2.36. The van der Waals surface area contributed by atoms with Crippen LogP contribution in [0.4, 0.5) is 5.69 Å². The number of benzene rings is 1. The summed E-state index contributed by atoms with van der Waals surface area (Å²) in [7, 11) is 3.04. The third kappa shape index (κ3) is 4.28. The summed E-state index contributed by atoms with van der Waals surface area (Å²) in [4.78, 5) is 22.2. The van der Waals surface area contributed by atoms with E-state index in [9.17, 15) is 9.59 Å². The molecule has 0 heterocycles. The first-order valence-corrected chi connectivity index (χ1v) is 5.99. The van der Waals surface area contributed by atoms with Crippen LogP contribution in [0.1, 0.15) is 25.8 Å². The lowest BCUT2D eigenvalue weighted by molar-refractivity contribution is -0.117. The number of amides is 1. The second kappa shape index (κ2) is 6.78. The fourth-order valence-electron chi connectivity index (χ4n) is 1.77. The molecule has 0 aliphatic rings. The fraction of sp³-hybridized carbons (Fsp3) is 0.429. The number of anilines is 1. The molecule has 5 nitrogen and oxygen atoms in total. The Morgan fingerprint density at radius 1 is 1.16 bits per heavy atom. The highest BCUT2D eigenvalue weighted by Gasteiger charge is 2.13. The second-order valence-electron chi connectivity index (χ2n) is 4.26. The van der Waals surface area contributed by atoms with Crippen molar-refractivity contribution in [3.63, 3.8) is 0 Å². The Morgan fingerprint density at radius 2 is 1.84 bits per heavy atom. The molecular weight excluding hydrogens is 246 g/mol. The van der Waals surface area contributed by atoms with E-state index in [1.807, 2.05) is 6.07 Å². The number of carbonyl (C=O) groups is 2. The van der Waals surface area contributed by atoms with Gasteiger partial charge in [0.1, 0.15) is 5.78 Å². The summed E-state index contributed by atoms with van der Waals surface area (Å²) < 4.78 is 10.5. The van der Waals surface area contributed by atoms with Crippen molar-refractivity contribution in [3.8, 4) is 11.5 Å². The van der Waals surface area contributed by atoms with E-state index in [1.54, 1.807) is 13.0 Å². The number of aryl methyl sites for hydroxylation is 1. The molecule has 19 heavy (non-hydrogen) atoms. The zero-order valence-corrected chi connectivity index (χ0v) is 11.7. The van der Waals surface area contributed by atoms with Crippen molar-refractivity contribution in [3.05, 3.63) is 17.7 Å². The lowest BCUT2D eigenvalue weighted by Crippen LogP contribution is -2.08. The number of ether oxygens (including phenoxy) is 2. The van der Waals surface area contributed by atoms with Crippen LogP contribution < -0.4 is 14.8 Å². The first-order valence-electron chi connectivity index (χ1n) is 5.99. The molecule has 0 saturated carbocycles. The summed E-state index contributed by atoms with van der Waals surface area (Å²) in [6.45, 7) is 2.98. The monoisotopic (exact) mass is 265 g/mol. The van der Waals surface area contributed by atoms with Gasteiger partial charge in [0.2, 0.25) is 5.91 Å². The van der Waals surface area contributed by atoms with Crippen molar-refractivity contribution in [2.45, 2.75) is 26.7 Å². The number of methoxy groups -OCH3 is 2. The second-order valence-corrected chi connectivity index (χ2v) is 4.26. The summed E-state index contributed by atoms with van der Waals surface area (Å²) >= 11 is 0. The van der Waals surface area contributed by atoms with Crippen LogP contribution in [0.3, 0.4) is 0 Å². The Labute approximate surface area is 112 Å². The number of Topliss-reactive ketones (excluding diaryl/α,β-unsaturated/α-hetero) is 1. The van der Waals surface area contributed by atoms with Gasteiger partial charge in [-0.25, -0.2) is 0 Å². The van der Waals surface area contributed by atoms with Crippen molar-refractivity contribution in [1.29, 1.82) is 0 Å². The Balaban J connectivity index is 3.13. The summed E-state index contributed by atoms with van der Waals surface area (Å²) in [5.74, 6) is 0.941. The molecule has 1 amide bonds. The highest BCUT2D eigenvalue weighted by atomic mass is 16.5. The summed E-state index contributed by atoms with van der Waals surface area (Å²) in [5.41, 5.74) is 1.46. The van der Waals surface area contributed by atoms with Gasteiger partial charge < -0.3 is 19.6 Å². The van der Waals surface area contributed by atoms with Gasteiger partial charge in [-0.2, -0.15) is 0 Å². The van der Waals surface area contributed by atoms with Crippen LogP contribution in [0, 0.1) is 0 Å². The van der Waals surface area contributed by atoms with Gasteiger partial charge in [0.25, 0.3) is 0 Å². The maximum Gasteiger partial charge on any atom is 0.221 e. The molecule has 0 saturated heterocycles. The van der Waals surface area contributed by atoms with Crippen LogP contribution in [0.25, 0.3) is 0 Å². The number of nitrogens with one attached hydrogen (secondary N) is 1. The Bertz CT molecular complexity index is 483. The predicted molar refractivity (Wildman–Crippen MR) is 72.9 cm³/mol. The summed E-state index contributed by atoms with van der Waals surface area (Å²) in [6.07, 6.45) is 1.05. The summed E-state index contributed by atoms with van der Waals surface area (Å²) in [6, 6.07) is 3.61. The maximum absolute atomic E-state index is 11.2. The molecule has 0 aromatic heterocycles. The first-order chi connectivity index (χ1) is 8.97. The molecule has 0 spiro atoms. The van der Waals surface area contributed by atoms with Crippen LogP contribution in [-0.4, -0.2) is 25.9 Å². The minimum atomic E-state index is -0.191. The van der Waals surface area contributed by atoms with Gasteiger partial charge in [-0.1, -0.05) is 0 Å². The van der Waals surface area contributed by atoms with E-state index in [1.165, 1.54) is 21.1 Å². The average molecular weight is 265 g/mol. The highest BCUT2D eigenvalue weighted by molar-refractivity contribution is 5.91. The van der Waals surface area contributed by atoms with Crippen LogP contribution in [0.5, 0.6) is 11.5 Å². The van der Waals surface area contributed by atoms with Gasteiger partial charge in [0, 0.05) is 13.3 Å². The van der Waals surface area contributed by atoms with Gasteiger partial charge in [0.05, 0.1) is 19.9 Å². The zero-order chi connectivity index (χ0) is 14.4. The molecule has 5 heteroatoms. The molecule has 0 bridgehead atoms. The van der Waals surface area contributed by atoms with Crippen LogP contribution in [-0.2, 0) is 16.0 Å². The van der Waals surface area contributed by atoms with Gasteiger partial charge in [-0.05, 0) is 31.0 Å². The van der Waals surface area contributed by atoms with E-state index in [-0.39, 0.29) is 11.7 Å². The topological polar surface area (TPSA) is 64.6 Å². The quantitative estimate of drug-likeness (QED) is 0.856. The standard InChI is InChI=1S/C14H19NO4/c1-9(16)5-6-11-7-12(15-10(2)17)14(19-4)13(8-11)18-3/h7-8H,5-6H2,1-4H3,(H,15,17). The van der Waals surface area contributed by atoms with Gasteiger partial charge >= 0.3 is 0 Å². The SMILES string of the molecule is COc1cc(CCC(C)=O)cc(NC(C)=O)c1OC. The number of hydrogen-bond acceptors (Lipinski definition) is 4. The van der Waals surface area contributed by atoms with Crippen molar-refractivity contribution in [2.75, 3.05) is 19.5 Å². The lowest BCUT2D eigenvalue weighted by atomic mass is 10.1. The van der Waals surface area contributed by atoms with Gasteiger partial charge in [-0.15, -0.1) is 0 Å². The smallest absolute Gasteiger partial charge is 0.221 e. The summed E-state index contributed by atoms with van der Waals surface area (Å²) in [5, 5.41) is 2.70. The number of hydrogen-bond donors (Lipinski definition) is 1. The third-order valence-electron chi connectivity index (χ3n) is 2.62. The maximum atomic E-state index is 11.2. The molecule has 0 aliphatic heterocycles. The van der Waals surface area contributed by atoms with E-state index < -0.39 is 0 Å². The predicted octanol–water partition coefficient (Wildman–Crippen LogP) is 2.18. The average Bonchev–Trinajstić information content (AvgIpc) is 2.34. The zero-order valence-electron chi connectivity index (χ0n) is 11.7. The van der Waals surface area contributed by atoms with E-state index >= 15 is 0 Å². The normalized spacial score (nSPS) is 9.89. The van der Waals surface area contributed by atoms with Crippen molar-refractivity contribution < 1.29 is 19.1 Å². The molecule has 1 aromatic rings. The molecular formula is C14H19NO4. The van der Waals surface area contributed by atoms with E-state index in [0.717, 1.165) is 5.56 Å². The van der Waals surface area contributed by atoms with E-state index in [0.29, 0.717) is 30.0 Å². The van der Waals surface area contributed by atoms with E-state index in [2.05, 4.69) is 5.32 Å². The van der Waals surface area contributed by atoms with Crippen molar-refractivity contribution in [2.24, 2.45) is 0 Å². The van der Waals surface area contributed by atoms with Crippen molar-refractivity contribution >= 4 is 17.4 Å². The molecule has 0 radical (unpaired) electrons. The molecule has 0 unspecified atom stereocenters. The number of carbonyl (C=O) groups excluding carboxylic acids is 2. The Hall–Kier alpha value is -2.04. The fourth-order valence-corrected chi connectivity index (χ4v) is 1.77. The van der Waals surface area contributed by atoms with Crippen LogP contribution in [0.2, 0.25) is 0 Å².